The van der Waals surface area contributed by atoms with Gasteiger partial charge in [0.15, 0.2) is 5.78 Å². The number of ketones is 1. The number of methoxy groups -OCH3 is 1. The third-order valence-electron chi connectivity index (χ3n) is 5.13. The lowest BCUT2D eigenvalue weighted by Gasteiger charge is -2.13. The average molecular weight is 343 g/mol. The Labute approximate surface area is 153 Å². The lowest BCUT2D eigenvalue weighted by Crippen LogP contribution is -2.08. The molecule has 0 aliphatic heterocycles. The standard InChI is InChI=1S/C23H21NO2/c1-24-21-14-20(19-12-6-8-15-7-3-4-11-18(15)19)23(25)22(21)16-9-5-10-17(13-16)26-2/h3-13,20,24H,14H2,1-2H3. The second kappa shape index (κ2) is 6.68. The largest absolute Gasteiger partial charge is 0.497 e. The monoisotopic (exact) mass is 343 g/mol. The minimum Gasteiger partial charge on any atom is -0.497 e. The van der Waals surface area contributed by atoms with Crippen molar-refractivity contribution in [3.8, 4) is 5.75 Å². The molecule has 1 atom stereocenters. The lowest BCUT2D eigenvalue weighted by atomic mass is 9.89. The molecule has 0 saturated heterocycles. The molecule has 0 heterocycles. The minimum absolute atomic E-state index is 0.162. The number of carbonyl (C=O) groups is 1. The Morgan fingerprint density at radius 3 is 2.58 bits per heavy atom. The molecule has 0 saturated carbocycles. The topological polar surface area (TPSA) is 38.3 Å². The summed E-state index contributed by atoms with van der Waals surface area (Å²) in [6.45, 7) is 0. The summed E-state index contributed by atoms with van der Waals surface area (Å²) in [6.07, 6.45) is 0.690. The Morgan fingerprint density at radius 1 is 1.00 bits per heavy atom. The second-order valence-corrected chi connectivity index (χ2v) is 6.52. The third kappa shape index (κ3) is 2.66. The van der Waals surface area contributed by atoms with E-state index in [-0.39, 0.29) is 11.7 Å². The van der Waals surface area contributed by atoms with Crippen LogP contribution in [0.2, 0.25) is 0 Å². The quantitative estimate of drug-likeness (QED) is 0.756. The number of hydrogen-bond acceptors (Lipinski definition) is 3. The van der Waals surface area contributed by atoms with Crippen LogP contribution in [-0.4, -0.2) is 19.9 Å². The molecule has 1 unspecified atom stereocenters. The van der Waals surface area contributed by atoms with Crippen molar-refractivity contribution in [2.45, 2.75) is 12.3 Å². The molecule has 0 spiro atoms. The van der Waals surface area contributed by atoms with E-state index in [0.717, 1.165) is 33.5 Å². The van der Waals surface area contributed by atoms with Gasteiger partial charge in [0.2, 0.25) is 0 Å². The molecule has 1 aliphatic carbocycles. The van der Waals surface area contributed by atoms with Gasteiger partial charge in [-0.05, 0) is 34.0 Å². The summed E-state index contributed by atoms with van der Waals surface area (Å²) in [5.41, 5.74) is 3.76. The third-order valence-corrected chi connectivity index (χ3v) is 5.13. The van der Waals surface area contributed by atoms with Crippen molar-refractivity contribution >= 4 is 22.1 Å². The highest BCUT2D eigenvalue weighted by atomic mass is 16.5. The minimum atomic E-state index is -0.162. The maximum Gasteiger partial charge on any atom is 0.173 e. The molecule has 3 aromatic carbocycles. The maximum atomic E-state index is 13.4. The van der Waals surface area contributed by atoms with Gasteiger partial charge in [0, 0.05) is 24.7 Å². The molecule has 1 N–H and O–H groups in total. The highest BCUT2D eigenvalue weighted by Gasteiger charge is 2.35. The zero-order valence-electron chi connectivity index (χ0n) is 15.0. The van der Waals surface area contributed by atoms with E-state index in [1.807, 2.05) is 49.5 Å². The van der Waals surface area contributed by atoms with Crippen molar-refractivity contribution in [1.29, 1.82) is 0 Å². The van der Waals surface area contributed by atoms with Crippen LogP contribution in [0.5, 0.6) is 5.75 Å². The first kappa shape index (κ1) is 16.4. The van der Waals surface area contributed by atoms with Crippen molar-refractivity contribution in [2.24, 2.45) is 0 Å². The van der Waals surface area contributed by atoms with E-state index < -0.39 is 0 Å². The number of benzene rings is 3. The number of ether oxygens (including phenoxy) is 1. The smallest absolute Gasteiger partial charge is 0.173 e. The van der Waals surface area contributed by atoms with Crippen molar-refractivity contribution in [2.75, 3.05) is 14.2 Å². The molecule has 4 rings (SSSR count). The van der Waals surface area contributed by atoms with Gasteiger partial charge in [0.1, 0.15) is 5.75 Å². The average Bonchev–Trinajstić information content (AvgIpc) is 3.03. The van der Waals surface area contributed by atoms with Crippen molar-refractivity contribution in [3.05, 3.63) is 83.6 Å². The van der Waals surface area contributed by atoms with Crippen molar-refractivity contribution < 1.29 is 9.53 Å². The molecular weight excluding hydrogens is 322 g/mol. The van der Waals surface area contributed by atoms with Crippen LogP contribution in [0.1, 0.15) is 23.5 Å². The van der Waals surface area contributed by atoms with Gasteiger partial charge in [-0.1, -0.05) is 54.6 Å². The van der Waals surface area contributed by atoms with Crippen LogP contribution in [0.15, 0.2) is 72.4 Å². The Kier molecular flexibility index (Phi) is 4.21. The Balaban J connectivity index is 1.79. The van der Waals surface area contributed by atoms with Crippen LogP contribution in [0.4, 0.5) is 0 Å². The lowest BCUT2D eigenvalue weighted by molar-refractivity contribution is -0.114. The van der Waals surface area contributed by atoms with Crippen molar-refractivity contribution in [3.63, 3.8) is 0 Å². The Morgan fingerprint density at radius 2 is 1.77 bits per heavy atom. The summed E-state index contributed by atoms with van der Waals surface area (Å²) in [5.74, 6) is 0.760. The molecule has 0 radical (unpaired) electrons. The SMILES string of the molecule is CNC1=C(c2cccc(OC)c2)C(=O)C(c2cccc3ccccc23)C1. The number of hydrogen-bond donors (Lipinski definition) is 1. The Hall–Kier alpha value is -3.07. The fraction of sp³-hybridized carbons (Fsp3) is 0.174. The molecule has 3 aromatic rings. The van der Waals surface area contributed by atoms with Crippen LogP contribution < -0.4 is 10.1 Å². The zero-order chi connectivity index (χ0) is 18.1. The van der Waals surface area contributed by atoms with E-state index in [9.17, 15) is 4.79 Å². The highest BCUT2D eigenvalue weighted by molar-refractivity contribution is 6.27. The van der Waals surface area contributed by atoms with E-state index in [4.69, 9.17) is 4.74 Å². The van der Waals surface area contributed by atoms with E-state index in [2.05, 4.69) is 29.6 Å². The van der Waals surface area contributed by atoms with Gasteiger partial charge in [-0.15, -0.1) is 0 Å². The summed E-state index contributed by atoms with van der Waals surface area (Å²) in [7, 11) is 3.52. The molecule has 26 heavy (non-hydrogen) atoms. The van der Waals surface area contributed by atoms with E-state index in [0.29, 0.717) is 6.42 Å². The summed E-state index contributed by atoms with van der Waals surface area (Å²) in [4.78, 5) is 13.4. The number of fused-ring (bicyclic) bond motifs is 1. The highest BCUT2D eigenvalue weighted by Crippen LogP contribution is 2.41. The number of Topliss-reactive ketones (excluding diaryl/α,β-unsaturated/α-hetero) is 1. The van der Waals surface area contributed by atoms with Gasteiger partial charge in [-0.2, -0.15) is 0 Å². The van der Waals surface area contributed by atoms with Gasteiger partial charge >= 0.3 is 0 Å². The van der Waals surface area contributed by atoms with Crippen LogP contribution >= 0.6 is 0 Å². The molecule has 0 bridgehead atoms. The predicted molar refractivity (Wildman–Crippen MR) is 105 cm³/mol. The van der Waals surface area contributed by atoms with Crippen molar-refractivity contribution in [1.82, 2.24) is 5.32 Å². The molecule has 0 fully saturated rings. The number of allylic oxidation sites excluding steroid dienone is 2. The molecule has 3 nitrogen and oxygen atoms in total. The van der Waals surface area contributed by atoms with Crippen LogP contribution in [0, 0.1) is 0 Å². The summed E-state index contributed by atoms with van der Waals surface area (Å²) < 4.78 is 5.33. The summed E-state index contributed by atoms with van der Waals surface area (Å²) in [5, 5.41) is 5.56. The van der Waals surface area contributed by atoms with Crippen LogP contribution in [-0.2, 0) is 4.79 Å². The van der Waals surface area contributed by atoms with Gasteiger partial charge < -0.3 is 10.1 Å². The predicted octanol–water partition coefficient (Wildman–Crippen LogP) is 4.54. The molecule has 130 valence electrons. The van der Waals surface area contributed by atoms with Gasteiger partial charge in [-0.3, -0.25) is 4.79 Å². The molecule has 3 heteroatoms. The fourth-order valence-corrected chi connectivity index (χ4v) is 3.85. The first-order valence-electron chi connectivity index (χ1n) is 8.80. The molecule has 1 aliphatic rings. The number of nitrogens with one attached hydrogen (secondary N) is 1. The molecular formula is C23H21NO2. The van der Waals surface area contributed by atoms with Gasteiger partial charge in [-0.25, -0.2) is 0 Å². The molecule has 0 amide bonds. The Bertz CT molecular complexity index is 1010. The second-order valence-electron chi connectivity index (χ2n) is 6.52. The zero-order valence-corrected chi connectivity index (χ0v) is 15.0. The number of rotatable bonds is 4. The van der Waals surface area contributed by atoms with Crippen LogP contribution in [0.25, 0.3) is 16.3 Å². The van der Waals surface area contributed by atoms with Crippen LogP contribution in [0.3, 0.4) is 0 Å². The van der Waals surface area contributed by atoms with Gasteiger partial charge in [0.05, 0.1) is 13.0 Å². The van der Waals surface area contributed by atoms with Gasteiger partial charge in [0.25, 0.3) is 0 Å². The van der Waals surface area contributed by atoms with E-state index >= 15 is 0 Å². The first-order chi connectivity index (χ1) is 12.7. The van der Waals surface area contributed by atoms with E-state index in [1.165, 1.54) is 5.39 Å². The molecule has 0 aromatic heterocycles. The number of carbonyl (C=O) groups excluding carboxylic acids is 1. The maximum absolute atomic E-state index is 13.4. The fourth-order valence-electron chi connectivity index (χ4n) is 3.85. The first-order valence-corrected chi connectivity index (χ1v) is 8.80. The summed E-state index contributed by atoms with van der Waals surface area (Å²) >= 11 is 0. The normalized spacial score (nSPS) is 17.0. The van der Waals surface area contributed by atoms with E-state index in [1.54, 1.807) is 7.11 Å². The summed E-state index contributed by atoms with van der Waals surface area (Å²) in [6, 6.07) is 22.2.